The first-order chi connectivity index (χ1) is 6.27. The maximum Gasteiger partial charge on any atom is 0.0906 e. The third kappa shape index (κ3) is 4.05. The first-order valence-corrected chi connectivity index (χ1v) is 5.11. The molecule has 2 nitrogen and oxygen atoms in total. The fourth-order valence-corrected chi connectivity index (χ4v) is 1.62. The van der Waals surface area contributed by atoms with Gasteiger partial charge in [-0.1, -0.05) is 6.92 Å². The van der Waals surface area contributed by atoms with Gasteiger partial charge >= 0.3 is 0 Å². The summed E-state index contributed by atoms with van der Waals surface area (Å²) in [5, 5.41) is 3.30. The van der Waals surface area contributed by atoms with Gasteiger partial charge in [0.2, 0.25) is 0 Å². The van der Waals surface area contributed by atoms with Crippen LogP contribution >= 0.6 is 0 Å². The van der Waals surface area contributed by atoms with Gasteiger partial charge in [-0.25, -0.2) is 0 Å². The van der Waals surface area contributed by atoms with E-state index in [-0.39, 0.29) is 6.67 Å². The van der Waals surface area contributed by atoms with Gasteiger partial charge in [0.1, 0.15) is 0 Å². The molecule has 1 heterocycles. The van der Waals surface area contributed by atoms with E-state index in [0.29, 0.717) is 11.8 Å². The number of nitrogens with one attached hydrogen (secondary N) is 1. The van der Waals surface area contributed by atoms with Crippen molar-refractivity contribution < 1.29 is 9.13 Å². The lowest BCUT2D eigenvalue weighted by molar-refractivity contribution is 0.0241. The minimum absolute atomic E-state index is 0.215. The summed E-state index contributed by atoms with van der Waals surface area (Å²) >= 11 is 0. The van der Waals surface area contributed by atoms with Crippen LogP contribution in [-0.4, -0.2) is 33.0 Å². The molecule has 0 unspecified atom stereocenters. The molecule has 0 aliphatic carbocycles. The molecule has 78 valence electrons. The second kappa shape index (κ2) is 5.55. The normalized spacial score (nSPS) is 21.7. The molecule has 0 aromatic heterocycles. The van der Waals surface area contributed by atoms with Gasteiger partial charge in [-0.15, -0.1) is 0 Å². The molecule has 1 aliphatic rings. The number of hydrogen-bond acceptors (Lipinski definition) is 2. The number of ether oxygens (including phenoxy) is 1. The van der Waals surface area contributed by atoms with Crippen LogP contribution in [0.3, 0.4) is 0 Å². The zero-order chi connectivity index (χ0) is 9.57. The van der Waals surface area contributed by atoms with Crippen LogP contribution < -0.4 is 5.32 Å². The van der Waals surface area contributed by atoms with Gasteiger partial charge in [0.05, 0.1) is 6.67 Å². The highest BCUT2D eigenvalue weighted by Crippen LogP contribution is 2.28. The minimum atomic E-state index is -0.215. The molecule has 1 saturated heterocycles. The molecule has 1 N–H and O–H groups in total. The van der Waals surface area contributed by atoms with E-state index < -0.39 is 0 Å². The Morgan fingerprint density at radius 3 is 2.69 bits per heavy atom. The zero-order valence-corrected chi connectivity index (χ0v) is 8.44. The van der Waals surface area contributed by atoms with Gasteiger partial charge in [-0.3, -0.25) is 4.39 Å². The number of hydrogen-bond donors (Lipinski definition) is 1. The quantitative estimate of drug-likeness (QED) is 0.665. The van der Waals surface area contributed by atoms with Crippen molar-refractivity contribution in [2.75, 3.05) is 33.0 Å². The average Bonchev–Trinajstić information content (AvgIpc) is 2.14. The molecular formula is C10H20FNO. The van der Waals surface area contributed by atoms with Crippen LogP contribution in [0.1, 0.15) is 26.2 Å². The van der Waals surface area contributed by atoms with E-state index in [0.717, 1.165) is 39.1 Å². The fourth-order valence-electron chi connectivity index (χ4n) is 1.62. The van der Waals surface area contributed by atoms with E-state index in [9.17, 15) is 4.39 Å². The minimum Gasteiger partial charge on any atom is -0.381 e. The highest BCUT2D eigenvalue weighted by atomic mass is 19.1. The second-order valence-electron chi connectivity index (χ2n) is 4.14. The Hall–Kier alpha value is -0.150. The standard InChI is InChI=1S/C10H20FNO/c1-10(3-7-13-8-4-10)9-12-6-2-5-11/h12H,2-9H2,1H3. The summed E-state index contributed by atoms with van der Waals surface area (Å²) in [4.78, 5) is 0. The van der Waals surface area contributed by atoms with Gasteiger partial charge in [0.15, 0.2) is 0 Å². The predicted molar refractivity (Wildman–Crippen MR) is 51.6 cm³/mol. The summed E-state index contributed by atoms with van der Waals surface area (Å²) < 4.78 is 17.1. The fraction of sp³-hybridized carbons (Fsp3) is 1.00. The Morgan fingerprint density at radius 2 is 2.08 bits per heavy atom. The van der Waals surface area contributed by atoms with Gasteiger partial charge in [-0.05, 0) is 31.2 Å². The van der Waals surface area contributed by atoms with Crippen molar-refractivity contribution in [1.82, 2.24) is 5.32 Å². The topological polar surface area (TPSA) is 21.3 Å². The Bertz CT molecular complexity index is 135. The van der Waals surface area contributed by atoms with Crippen LogP contribution in [-0.2, 0) is 4.74 Å². The Morgan fingerprint density at radius 1 is 1.38 bits per heavy atom. The molecule has 1 rings (SSSR count). The van der Waals surface area contributed by atoms with E-state index in [1.807, 2.05) is 0 Å². The second-order valence-corrected chi connectivity index (χ2v) is 4.14. The Kier molecular flexibility index (Phi) is 4.67. The van der Waals surface area contributed by atoms with Gasteiger partial charge in [0.25, 0.3) is 0 Å². The molecule has 0 bridgehead atoms. The average molecular weight is 189 g/mol. The van der Waals surface area contributed by atoms with Gasteiger partial charge < -0.3 is 10.1 Å². The molecule has 1 aliphatic heterocycles. The van der Waals surface area contributed by atoms with Crippen molar-refractivity contribution in [3.63, 3.8) is 0 Å². The monoisotopic (exact) mass is 189 g/mol. The van der Waals surface area contributed by atoms with Crippen LogP contribution in [0.2, 0.25) is 0 Å². The lowest BCUT2D eigenvalue weighted by Crippen LogP contribution is -2.37. The van der Waals surface area contributed by atoms with E-state index in [2.05, 4.69) is 12.2 Å². The smallest absolute Gasteiger partial charge is 0.0906 e. The van der Waals surface area contributed by atoms with E-state index in [1.54, 1.807) is 0 Å². The number of rotatable bonds is 5. The molecule has 0 amide bonds. The third-order valence-electron chi connectivity index (χ3n) is 2.74. The SMILES string of the molecule is CC1(CNCCCF)CCOCC1. The first-order valence-electron chi connectivity index (χ1n) is 5.11. The van der Waals surface area contributed by atoms with Crippen LogP contribution in [0.5, 0.6) is 0 Å². The lowest BCUT2D eigenvalue weighted by atomic mass is 9.82. The van der Waals surface area contributed by atoms with E-state index in [1.165, 1.54) is 0 Å². The first kappa shape index (κ1) is 10.9. The molecule has 0 atom stereocenters. The van der Waals surface area contributed by atoms with Crippen molar-refractivity contribution in [3.05, 3.63) is 0 Å². The molecule has 0 radical (unpaired) electrons. The summed E-state index contributed by atoms with van der Waals surface area (Å²) in [6.45, 7) is 5.61. The molecule has 0 saturated carbocycles. The highest BCUT2D eigenvalue weighted by molar-refractivity contribution is 4.79. The van der Waals surface area contributed by atoms with Crippen molar-refractivity contribution in [2.45, 2.75) is 26.2 Å². The molecule has 3 heteroatoms. The van der Waals surface area contributed by atoms with Crippen LogP contribution in [0.4, 0.5) is 4.39 Å². The lowest BCUT2D eigenvalue weighted by Gasteiger charge is -2.33. The van der Waals surface area contributed by atoms with Crippen molar-refractivity contribution in [2.24, 2.45) is 5.41 Å². The summed E-state index contributed by atoms with van der Waals surface area (Å²) in [6, 6.07) is 0. The molecule has 0 aromatic rings. The summed E-state index contributed by atoms with van der Waals surface area (Å²) in [6.07, 6.45) is 2.87. The maximum absolute atomic E-state index is 11.8. The van der Waals surface area contributed by atoms with E-state index in [4.69, 9.17) is 4.74 Å². The maximum atomic E-state index is 11.8. The Balaban J connectivity index is 2.10. The largest absolute Gasteiger partial charge is 0.381 e. The predicted octanol–water partition coefficient (Wildman–Crippen LogP) is 1.75. The molecular weight excluding hydrogens is 169 g/mol. The van der Waals surface area contributed by atoms with Gasteiger partial charge in [-0.2, -0.15) is 0 Å². The highest BCUT2D eigenvalue weighted by Gasteiger charge is 2.26. The van der Waals surface area contributed by atoms with Gasteiger partial charge in [0, 0.05) is 19.8 Å². The summed E-state index contributed by atoms with van der Waals surface area (Å²) in [5.74, 6) is 0. The van der Waals surface area contributed by atoms with Crippen LogP contribution in [0.25, 0.3) is 0 Å². The molecule has 13 heavy (non-hydrogen) atoms. The molecule has 1 fully saturated rings. The zero-order valence-electron chi connectivity index (χ0n) is 8.44. The number of alkyl halides is 1. The molecule has 0 spiro atoms. The van der Waals surface area contributed by atoms with E-state index >= 15 is 0 Å². The Labute approximate surface area is 79.8 Å². The summed E-state index contributed by atoms with van der Waals surface area (Å²) in [7, 11) is 0. The third-order valence-corrected chi connectivity index (χ3v) is 2.74. The number of halogens is 1. The van der Waals surface area contributed by atoms with Crippen molar-refractivity contribution in [3.8, 4) is 0 Å². The summed E-state index contributed by atoms with van der Waals surface area (Å²) in [5.41, 5.74) is 0.370. The van der Waals surface area contributed by atoms with Crippen LogP contribution in [0, 0.1) is 5.41 Å². The molecule has 0 aromatic carbocycles. The van der Waals surface area contributed by atoms with Crippen molar-refractivity contribution in [1.29, 1.82) is 0 Å². The van der Waals surface area contributed by atoms with Crippen molar-refractivity contribution >= 4 is 0 Å². The van der Waals surface area contributed by atoms with Crippen LogP contribution in [0.15, 0.2) is 0 Å².